The summed E-state index contributed by atoms with van der Waals surface area (Å²) in [6, 6.07) is 3.82. The minimum Gasteiger partial charge on any atom is -0.496 e. The van der Waals surface area contributed by atoms with Crippen LogP contribution in [0.25, 0.3) is 0 Å². The largest absolute Gasteiger partial charge is 0.496 e. The van der Waals surface area contributed by atoms with E-state index in [2.05, 4.69) is 54.7 Å². The van der Waals surface area contributed by atoms with Crippen molar-refractivity contribution in [1.82, 2.24) is 0 Å². The van der Waals surface area contributed by atoms with Crippen molar-refractivity contribution in [2.24, 2.45) is 5.92 Å². The molecule has 0 bridgehead atoms. The van der Waals surface area contributed by atoms with Crippen molar-refractivity contribution in [1.29, 1.82) is 0 Å². The summed E-state index contributed by atoms with van der Waals surface area (Å²) in [6.07, 6.45) is 1.10. The van der Waals surface area contributed by atoms with Crippen molar-refractivity contribution in [3.8, 4) is 11.5 Å². The first-order chi connectivity index (χ1) is 8.12. The normalized spacial score (nSPS) is 12.3. The third kappa shape index (κ3) is 4.45. The molecule has 17 heavy (non-hydrogen) atoms. The monoisotopic (exact) mass is 428 g/mol. The Labute approximate surface area is 127 Å². The lowest BCUT2D eigenvalue weighted by Gasteiger charge is -2.15. The van der Waals surface area contributed by atoms with Gasteiger partial charge in [0.15, 0.2) is 0 Å². The zero-order valence-corrected chi connectivity index (χ0v) is 14.6. The molecule has 0 spiro atoms. The number of benzene rings is 1. The summed E-state index contributed by atoms with van der Waals surface area (Å²) in [4.78, 5) is 0. The molecule has 1 atom stereocenters. The first-order valence-electron chi connectivity index (χ1n) is 5.34. The Morgan fingerprint density at radius 2 is 1.76 bits per heavy atom. The molecule has 0 aliphatic rings. The van der Waals surface area contributed by atoms with Crippen LogP contribution in [0.1, 0.15) is 13.3 Å². The van der Waals surface area contributed by atoms with E-state index in [9.17, 15) is 0 Å². The molecule has 0 aromatic heterocycles. The maximum atomic E-state index is 5.80. The Balaban J connectivity index is 2.75. The molecule has 0 fully saturated rings. The smallest absolute Gasteiger partial charge is 0.134 e. The van der Waals surface area contributed by atoms with E-state index in [1.54, 1.807) is 7.11 Å². The van der Waals surface area contributed by atoms with Gasteiger partial charge in [-0.2, -0.15) is 0 Å². The van der Waals surface area contributed by atoms with Gasteiger partial charge in [-0.05, 0) is 50.4 Å². The van der Waals surface area contributed by atoms with Crippen molar-refractivity contribution in [3.63, 3.8) is 0 Å². The minimum atomic E-state index is 0.530. The van der Waals surface area contributed by atoms with Crippen LogP contribution in [0.4, 0.5) is 0 Å². The van der Waals surface area contributed by atoms with Crippen LogP contribution in [-0.4, -0.2) is 19.0 Å². The number of rotatable bonds is 6. The SMILES string of the molecule is CCC(CBr)COc1cc(Br)c(OC)cc1Br. The predicted molar refractivity (Wildman–Crippen MR) is 81.5 cm³/mol. The van der Waals surface area contributed by atoms with Crippen LogP contribution in [0.3, 0.4) is 0 Å². The number of hydrogen-bond acceptors (Lipinski definition) is 2. The fourth-order valence-corrected chi connectivity index (χ4v) is 2.82. The molecule has 5 heteroatoms. The van der Waals surface area contributed by atoms with Gasteiger partial charge in [-0.1, -0.05) is 22.9 Å². The minimum absolute atomic E-state index is 0.530. The molecule has 1 rings (SSSR count). The highest BCUT2D eigenvalue weighted by molar-refractivity contribution is 9.11. The molecular weight excluding hydrogens is 416 g/mol. The molecule has 96 valence electrons. The Morgan fingerprint density at radius 1 is 1.18 bits per heavy atom. The molecule has 2 nitrogen and oxygen atoms in total. The third-order valence-corrected chi connectivity index (χ3v) is 4.63. The molecule has 0 heterocycles. The Hall–Kier alpha value is 0.260. The highest BCUT2D eigenvalue weighted by atomic mass is 79.9. The Bertz CT molecular complexity index is 365. The predicted octanol–water partition coefficient (Wildman–Crippen LogP) is 5.02. The van der Waals surface area contributed by atoms with Crippen LogP contribution in [0.2, 0.25) is 0 Å². The highest BCUT2D eigenvalue weighted by Gasteiger charge is 2.10. The van der Waals surface area contributed by atoms with Gasteiger partial charge in [0.1, 0.15) is 11.5 Å². The molecule has 0 amide bonds. The quantitative estimate of drug-likeness (QED) is 0.590. The number of ether oxygens (including phenoxy) is 2. The standard InChI is InChI=1S/C12H15Br3O2/c1-3-8(6-13)7-17-12-5-9(14)11(16-2)4-10(12)15/h4-5,8H,3,6-7H2,1-2H3. The second kappa shape index (κ2) is 7.64. The zero-order chi connectivity index (χ0) is 12.8. The van der Waals surface area contributed by atoms with E-state index < -0.39 is 0 Å². The summed E-state index contributed by atoms with van der Waals surface area (Å²) < 4.78 is 12.8. The van der Waals surface area contributed by atoms with E-state index in [0.29, 0.717) is 12.5 Å². The van der Waals surface area contributed by atoms with E-state index in [1.165, 1.54) is 0 Å². The van der Waals surface area contributed by atoms with E-state index in [1.807, 2.05) is 12.1 Å². The molecule has 0 aliphatic carbocycles. The van der Waals surface area contributed by atoms with Crippen LogP contribution in [-0.2, 0) is 0 Å². The lowest BCUT2D eigenvalue weighted by atomic mass is 10.1. The average molecular weight is 431 g/mol. The molecule has 1 aromatic carbocycles. The van der Waals surface area contributed by atoms with Gasteiger partial charge in [0, 0.05) is 11.2 Å². The lowest BCUT2D eigenvalue weighted by Crippen LogP contribution is -2.12. The summed E-state index contributed by atoms with van der Waals surface area (Å²) in [5, 5.41) is 0.957. The number of halogens is 3. The van der Waals surface area contributed by atoms with Crippen LogP contribution < -0.4 is 9.47 Å². The topological polar surface area (TPSA) is 18.5 Å². The molecule has 1 aromatic rings. The van der Waals surface area contributed by atoms with Gasteiger partial charge in [0.25, 0.3) is 0 Å². The van der Waals surface area contributed by atoms with Gasteiger partial charge >= 0.3 is 0 Å². The number of methoxy groups -OCH3 is 1. The summed E-state index contributed by atoms with van der Waals surface area (Å²) in [5.74, 6) is 2.15. The number of alkyl halides is 1. The lowest BCUT2D eigenvalue weighted by molar-refractivity contribution is 0.258. The van der Waals surface area contributed by atoms with E-state index in [0.717, 1.165) is 32.2 Å². The second-order valence-corrected chi connectivity index (χ2v) is 6.01. The van der Waals surface area contributed by atoms with Gasteiger partial charge in [-0.25, -0.2) is 0 Å². The van der Waals surface area contributed by atoms with E-state index in [4.69, 9.17) is 9.47 Å². The molecule has 0 saturated heterocycles. The average Bonchev–Trinajstić information content (AvgIpc) is 2.34. The highest BCUT2D eigenvalue weighted by Crippen LogP contribution is 2.36. The summed E-state index contributed by atoms with van der Waals surface area (Å²) in [5.41, 5.74) is 0. The fraction of sp³-hybridized carbons (Fsp3) is 0.500. The van der Waals surface area contributed by atoms with Gasteiger partial charge < -0.3 is 9.47 Å². The molecule has 0 saturated carbocycles. The van der Waals surface area contributed by atoms with E-state index >= 15 is 0 Å². The summed E-state index contributed by atoms with van der Waals surface area (Å²) in [6.45, 7) is 2.87. The van der Waals surface area contributed by atoms with Crippen LogP contribution in [0.15, 0.2) is 21.1 Å². The second-order valence-electron chi connectivity index (χ2n) is 3.66. The van der Waals surface area contributed by atoms with Gasteiger partial charge in [0.05, 0.1) is 22.7 Å². The van der Waals surface area contributed by atoms with Crippen molar-refractivity contribution in [2.75, 3.05) is 19.0 Å². The van der Waals surface area contributed by atoms with Crippen molar-refractivity contribution in [2.45, 2.75) is 13.3 Å². The maximum absolute atomic E-state index is 5.80. The van der Waals surface area contributed by atoms with Crippen molar-refractivity contribution < 1.29 is 9.47 Å². The Morgan fingerprint density at radius 3 is 2.29 bits per heavy atom. The summed E-state index contributed by atoms with van der Waals surface area (Å²) in [7, 11) is 1.64. The van der Waals surface area contributed by atoms with Crippen LogP contribution in [0.5, 0.6) is 11.5 Å². The van der Waals surface area contributed by atoms with Crippen LogP contribution in [0, 0.1) is 5.92 Å². The molecule has 0 radical (unpaired) electrons. The molecule has 0 N–H and O–H groups in total. The van der Waals surface area contributed by atoms with Gasteiger partial charge in [-0.15, -0.1) is 0 Å². The van der Waals surface area contributed by atoms with Crippen LogP contribution >= 0.6 is 47.8 Å². The van der Waals surface area contributed by atoms with E-state index in [-0.39, 0.29) is 0 Å². The van der Waals surface area contributed by atoms with Gasteiger partial charge in [0.2, 0.25) is 0 Å². The summed E-state index contributed by atoms with van der Waals surface area (Å²) >= 11 is 10.4. The zero-order valence-electron chi connectivity index (χ0n) is 9.80. The molecule has 0 aliphatic heterocycles. The third-order valence-electron chi connectivity index (χ3n) is 2.48. The van der Waals surface area contributed by atoms with Gasteiger partial charge in [-0.3, -0.25) is 0 Å². The molecular formula is C12H15Br3O2. The van der Waals surface area contributed by atoms with Crippen molar-refractivity contribution in [3.05, 3.63) is 21.1 Å². The first-order valence-corrected chi connectivity index (χ1v) is 8.04. The van der Waals surface area contributed by atoms with Crippen molar-refractivity contribution >= 4 is 47.8 Å². The fourth-order valence-electron chi connectivity index (χ4n) is 1.26. The first kappa shape index (κ1) is 15.3. The molecule has 1 unspecified atom stereocenters. The maximum Gasteiger partial charge on any atom is 0.134 e. The Kier molecular flexibility index (Phi) is 6.89. The number of hydrogen-bond donors (Lipinski definition) is 0.